The molecule has 1 heterocycles. The number of aromatic carboxylic acids is 1. The molecule has 0 amide bonds. The van der Waals surface area contributed by atoms with E-state index in [-0.39, 0.29) is 16.9 Å². The van der Waals surface area contributed by atoms with Gasteiger partial charge in [0, 0.05) is 6.54 Å². The third-order valence-corrected chi connectivity index (χ3v) is 2.51. The monoisotopic (exact) mass is 275 g/mol. The van der Waals surface area contributed by atoms with Crippen molar-refractivity contribution in [3.63, 3.8) is 0 Å². The third-order valence-electron chi connectivity index (χ3n) is 2.51. The minimum absolute atomic E-state index is 0.144. The van der Waals surface area contributed by atoms with Crippen LogP contribution in [0.15, 0.2) is 24.4 Å². The van der Waals surface area contributed by atoms with Gasteiger partial charge in [0.1, 0.15) is 5.82 Å². The number of hydrogen-bond donors (Lipinski definition) is 2. The van der Waals surface area contributed by atoms with Crippen molar-refractivity contribution in [3.05, 3.63) is 41.5 Å². The maximum Gasteiger partial charge on any atom is 0.358 e. The molecule has 102 valence electrons. The first-order valence-corrected chi connectivity index (χ1v) is 5.67. The second kappa shape index (κ2) is 5.79. The van der Waals surface area contributed by atoms with Crippen LogP contribution in [0.3, 0.4) is 0 Å². The van der Waals surface area contributed by atoms with Gasteiger partial charge in [-0.1, -0.05) is 5.21 Å². The Morgan fingerprint density at radius 3 is 2.95 bits per heavy atom. The zero-order valence-electron chi connectivity index (χ0n) is 10.2. The number of aromatic nitrogens is 3. The van der Waals surface area contributed by atoms with Crippen LogP contribution in [-0.4, -0.2) is 32.6 Å². The minimum Gasteiger partial charge on any atom is -0.476 e. The summed E-state index contributed by atoms with van der Waals surface area (Å²) in [6.07, 6.45) is 1.29. The van der Waals surface area contributed by atoms with Gasteiger partial charge in [-0.05, 0) is 18.2 Å². The molecule has 1 aromatic heterocycles. The van der Waals surface area contributed by atoms with Crippen molar-refractivity contribution in [2.45, 2.75) is 6.54 Å². The largest absolute Gasteiger partial charge is 0.476 e. The van der Waals surface area contributed by atoms with Crippen molar-refractivity contribution in [3.8, 4) is 6.07 Å². The maximum atomic E-state index is 13.5. The predicted molar refractivity (Wildman–Crippen MR) is 66.6 cm³/mol. The number of carboxylic acids is 1. The van der Waals surface area contributed by atoms with Gasteiger partial charge in [-0.2, -0.15) is 5.26 Å². The van der Waals surface area contributed by atoms with Crippen LogP contribution in [-0.2, 0) is 6.54 Å². The second-order valence-corrected chi connectivity index (χ2v) is 3.91. The Hall–Kier alpha value is -2.95. The molecule has 0 aliphatic rings. The molecule has 0 bridgehead atoms. The smallest absolute Gasteiger partial charge is 0.358 e. The topological polar surface area (TPSA) is 104 Å². The Morgan fingerprint density at radius 1 is 1.55 bits per heavy atom. The van der Waals surface area contributed by atoms with E-state index in [1.165, 1.54) is 23.0 Å². The average molecular weight is 275 g/mol. The number of benzene rings is 1. The maximum absolute atomic E-state index is 13.5. The number of nitrogens with zero attached hydrogens (tertiary/aromatic N) is 4. The Bertz CT molecular complexity index is 677. The van der Waals surface area contributed by atoms with E-state index in [0.717, 1.165) is 6.07 Å². The van der Waals surface area contributed by atoms with Gasteiger partial charge in [-0.25, -0.2) is 13.9 Å². The van der Waals surface area contributed by atoms with Gasteiger partial charge in [0.25, 0.3) is 0 Å². The number of halogens is 1. The quantitative estimate of drug-likeness (QED) is 0.846. The third kappa shape index (κ3) is 3.08. The fourth-order valence-electron chi connectivity index (χ4n) is 1.54. The Labute approximate surface area is 113 Å². The zero-order valence-corrected chi connectivity index (χ0v) is 10.2. The number of nitriles is 1. The van der Waals surface area contributed by atoms with Crippen molar-refractivity contribution >= 4 is 11.7 Å². The SMILES string of the molecule is N#Cc1ccc(NCCn2cc(C(=O)O)nn2)c(F)c1. The van der Waals surface area contributed by atoms with Crippen molar-refractivity contribution in [1.29, 1.82) is 5.26 Å². The van der Waals surface area contributed by atoms with Crippen molar-refractivity contribution in [1.82, 2.24) is 15.0 Å². The number of carboxylic acid groups (broad SMARTS) is 1. The highest BCUT2D eigenvalue weighted by Crippen LogP contribution is 2.14. The van der Waals surface area contributed by atoms with E-state index in [0.29, 0.717) is 13.1 Å². The van der Waals surface area contributed by atoms with Crippen molar-refractivity contribution < 1.29 is 14.3 Å². The molecule has 7 nitrogen and oxygen atoms in total. The molecule has 0 radical (unpaired) electrons. The lowest BCUT2D eigenvalue weighted by Gasteiger charge is -2.07. The van der Waals surface area contributed by atoms with Gasteiger partial charge >= 0.3 is 5.97 Å². The van der Waals surface area contributed by atoms with Crippen molar-refractivity contribution in [2.24, 2.45) is 0 Å². The number of rotatable bonds is 5. The standard InChI is InChI=1S/C12H10FN5O2/c13-9-5-8(6-14)1-2-10(9)15-3-4-18-7-11(12(19)20)16-17-18/h1-2,5,7,15H,3-4H2,(H,19,20). The zero-order chi connectivity index (χ0) is 14.5. The lowest BCUT2D eigenvalue weighted by molar-refractivity contribution is 0.0690. The van der Waals surface area contributed by atoms with Crippen LogP contribution in [0.1, 0.15) is 16.1 Å². The fraction of sp³-hybridized carbons (Fsp3) is 0.167. The lowest BCUT2D eigenvalue weighted by Crippen LogP contribution is -2.12. The Balaban J connectivity index is 1.92. The summed E-state index contributed by atoms with van der Waals surface area (Å²) >= 11 is 0. The van der Waals surface area contributed by atoms with E-state index in [4.69, 9.17) is 10.4 Å². The van der Waals surface area contributed by atoms with E-state index in [2.05, 4.69) is 15.6 Å². The lowest BCUT2D eigenvalue weighted by atomic mass is 10.2. The Morgan fingerprint density at radius 2 is 2.35 bits per heavy atom. The van der Waals surface area contributed by atoms with Crippen LogP contribution in [0.25, 0.3) is 0 Å². The average Bonchev–Trinajstić information content (AvgIpc) is 2.89. The molecule has 2 N–H and O–H groups in total. The number of anilines is 1. The van der Waals surface area contributed by atoms with Gasteiger partial charge in [-0.3, -0.25) is 0 Å². The summed E-state index contributed by atoms with van der Waals surface area (Å²) in [5.41, 5.74) is 0.368. The molecular weight excluding hydrogens is 265 g/mol. The molecule has 0 atom stereocenters. The van der Waals surface area contributed by atoms with Crippen LogP contribution in [0.5, 0.6) is 0 Å². The minimum atomic E-state index is -1.15. The molecular formula is C12H10FN5O2. The van der Waals surface area contributed by atoms with Crippen LogP contribution in [0.2, 0.25) is 0 Å². The number of nitrogens with one attached hydrogen (secondary N) is 1. The first-order valence-electron chi connectivity index (χ1n) is 5.67. The van der Waals surface area contributed by atoms with E-state index in [1.54, 1.807) is 0 Å². The molecule has 0 aliphatic carbocycles. The molecule has 1 aromatic carbocycles. The van der Waals surface area contributed by atoms with Crippen LogP contribution in [0.4, 0.5) is 10.1 Å². The molecule has 2 rings (SSSR count). The highest BCUT2D eigenvalue weighted by atomic mass is 19.1. The molecule has 0 fully saturated rings. The summed E-state index contributed by atoms with van der Waals surface area (Å²) in [6, 6.07) is 5.96. The molecule has 0 spiro atoms. The highest BCUT2D eigenvalue weighted by molar-refractivity contribution is 5.84. The molecule has 0 unspecified atom stereocenters. The summed E-state index contributed by atoms with van der Waals surface area (Å²) < 4.78 is 14.9. The van der Waals surface area contributed by atoms with Crippen molar-refractivity contribution in [2.75, 3.05) is 11.9 Å². The number of hydrogen-bond acceptors (Lipinski definition) is 5. The molecule has 0 saturated carbocycles. The van der Waals surface area contributed by atoms with Gasteiger partial charge in [-0.15, -0.1) is 5.10 Å². The molecule has 0 aliphatic heterocycles. The highest BCUT2D eigenvalue weighted by Gasteiger charge is 2.08. The van der Waals surface area contributed by atoms with Crippen LogP contribution >= 0.6 is 0 Å². The summed E-state index contributed by atoms with van der Waals surface area (Å²) in [5, 5.41) is 27.2. The van der Waals surface area contributed by atoms with E-state index >= 15 is 0 Å². The summed E-state index contributed by atoms with van der Waals surface area (Å²) in [6.45, 7) is 0.672. The van der Waals surface area contributed by atoms with Gasteiger partial charge in [0.05, 0.1) is 30.1 Å². The normalized spacial score (nSPS) is 10.0. The van der Waals surface area contributed by atoms with E-state index < -0.39 is 11.8 Å². The summed E-state index contributed by atoms with van der Waals surface area (Å²) in [5.74, 6) is -1.67. The predicted octanol–water partition coefficient (Wildman–Crippen LogP) is 1.10. The second-order valence-electron chi connectivity index (χ2n) is 3.91. The van der Waals surface area contributed by atoms with Gasteiger partial charge < -0.3 is 10.4 Å². The first kappa shape index (κ1) is 13.5. The van der Waals surface area contributed by atoms with Gasteiger partial charge in [0.15, 0.2) is 5.69 Å². The van der Waals surface area contributed by atoms with Gasteiger partial charge in [0.2, 0.25) is 0 Å². The van der Waals surface area contributed by atoms with Crippen LogP contribution < -0.4 is 5.32 Å². The van der Waals surface area contributed by atoms with Crippen LogP contribution in [0, 0.1) is 17.1 Å². The molecule has 8 heteroatoms. The summed E-state index contributed by atoms with van der Waals surface area (Å²) in [7, 11) is 0. The first-order chi connectivity index (χ1) is 9.60. The number of carbonyl (C=O) groups is 1. The fourth-order valence-corrected chi connectivity index (χ4v) is 1.54. The molecule has 20 heavy (non-hydrogen) atoms. The Kier molecular flexibility index (Phi) is 3.91. The summed E-state index contributed by atoms with van der Waals surface area (Å²) in [4.78, 5) is 10.6. The van der Waals surface area contributed by atoms with E-state index in [9.17, 15) is 9.18 Å². The molecule has 2 aromatic rings. The van der Waals surface area contributed by atoms with E-state index in [1.807, 2.05) is 6.07 Å². The molecule has 0 saturated heterocycles.